The van der Waals surface area contributed by atoms with Crippen molar-refractivity contribution in [1.82, 2.24) is 41.5 Å². The Kier molecular flexibility index (Phi) is 15.3. The molecule has 334 valence electrons. The highest BCUT2D eigenvalue weighted by Crippen LogP contribution is 2.28. The summed E-state index contributed by atoms with van der Waals surface area (Å²) in [6.07, 6.45) is 4.38. The van der Waals surface area contributed by atoms with E-state index in [2.05, 4.69) is 46.5 Å². The van der Waals surface area contributed by atoms with Crippen LogP contribution in [0.25, 0.3) is 10.9 Å². The number of aliphatic imine (C=N–C) groups is 1. The van der Waals surface area contributed by atoms with Crippen LogP contribution in [0.2, 0.25) is 0 Å². The summed E-state index contributed by atoms with van der Waals surface area (Å²) >= 11 is 0.897. The van der Waals surface area contributed by atoms with Crippen LogP contribution in [0, 0.1) is 10.1 Å². The number of aromatic nitrogens is 3. The summed E-state index contributed by atoms with van der Waals surface area (Å²) in [5, 5.41) is 26.2. The number of carbonyl (C=O) groups excluding carboxylic acids is 6. The number of H-pyrrole nitrogens is 2. The molecule has 5 atom stereocenters. The number of primary amides is 1. The van der Waals surface area contributed by atoms with Crippen LogP contribution in [-0.4, -0.2) is 104 Å². The number of carbonyl (C=O) groups is 6. The number of guanidine groups is 1. The summed E-state index contributed by atoms with van der Waals surface area (Å²) < 4.78 is 0. The van der Waals surface area contributed by atoms with Crippen molar-refractivity contribution in [3.05, 3.63) is 124 Å². The number of aromatic amines is 2. The highest BCUT2D eigenvalue weighted by Gasteiger charge is 2.34. The van der Waals surface area contributed by atoms with Crippen molar-refractivity contribution in [2.45, 2.75) is 67.2 Å². The molecule has 0 spiro atoms. The van der Waals surface area contributed by atoms with Gasteiger partial charge in [0.15, 0.2) is 5.96 Å². The first-order valence-electron chi connectivity index (χ1n) is 20.1. The van der Waals surface area contributed by atoms with Gasteiger partial charge in [-0.05, 0) is 36.1 Å². The molecule has 13 N–H and O–H groups in total. The summed E-state index contributed by atoms with van der Waals surface area (Å²) in [7, 11) is 0. The Hall–Kier alpha value is -7.75. The Balaban J connectivity index is 1.43. The second kappa shape index (κ2) is 21.4. The highest BCUT2D eigenvalue weighted by molar-refractivity contribution is 7.99. The Labute approximate surface area is 369 Å². The molecular formula is C42H47N13O8S. The number of benzene rings is 3. The van der Waals surface area contributed by atoms with Crippen molar-refractivity contribution in [1.29, 1.82) is 0 Å². The fourth-order valence-electron chi connectivity index (χ4n) is 7.01. The van der Waals surface area contributed by atoms with E-state index < -0.39 is 76.3 Å². The monoisotopic (exact) mass is 893 g/mol. The number of imidazole rings is 1. The molecule has 0 radical (unpaired) electrons. The van der Waals surface area contributed by atoms with Crippen molar-refractivity contribution in [2.24, 2.45) is 22.2 Å². The number of nitro benzene ring substituents is 1. The second-order valence-corrected chi connectivity index (χ2v) is 16.0. The van der Waals surface area contributed by atoms with Gasteiger partial charge in [-0.15, -0.1) is 11.8 Å². The van der Waals surface area contributed by atoms with Gasteiger partial charge in [0.2, 0.25) is 29.5 Å². The van der Waals surface area contributed by atoms with Gasteiger partial charge < -0.3 is 53.8 Å². The van der Waals surface area contributed by atoms with E-state index in [1.807, 2.05) is 24.3 Å². The second-order valence-electron chi connectivity index (χ2n) is 14.9. The zero-order valence-corrected chi connectivity index (χ0v) is 35.1. The molecule has 0 saturated carbocycles. The summed E-state index contributed by atoms with van der Waals surface area (Å²) in [5.74, 6) is -5.47. The van der Waals surface area contributed by atoms with Gasteiger partial charge >= 0.3 is 0 Å². The quantitative estimate of drug-likeness (QED) is 0.0264. The largest absolute Gasteiger partial charge is 0.370 e. The van der Waals surface area contributed by atoms with Gasteiger partial charge in [0.05, 0.1) is 16.8 Å². The molecule has 21 nitrogen and oxygen atoms in total. The van der Waals surface area contributed by atoms with Gasteiger partial charge in [-0.1, -0.05) is 48.5 Å². The topological polar surface area (TPSA) is 341 Å². The number of nitro groups is 1. The zero-order chi connectivity index (χ0) is 45.8. The molecule has 0 aliphatic carbocycles. The van der Waals surface area contributed by atoms with Crippen LogP contribution in [0.4, 0.5) is 5.69 Å². The molecule has 1 aliphatic rings. The molecule has 5 aromatic rings. The number of para-hydroxylation sites is 1. The van der Waals surface area contributed by atoms with Gasteiger partial charge in [0.1, 0.15) is 30.2 Å². The summed E-state index contributed by atoms with van der Waals surface area (Å²) in [4.78, 5) is 110. The maximum absolute atomic E-state index is 14.4. The van der Waals surface area contributed by atoms with Gasteiger partial charge in [0, 0.05) is 77.6 Å². The minimum Gasteiger partial charge on any atom is -0.370 e. The molecule has 0 bridgehead atoms. The predicted molar refractivity (Wildman–Crippen MR) is 236 cm³/mol. The van der Waals surface area contributed by atoms with Gasteiger partial charge in [-0.2, -0.15) is 0 Å². The van der Waals surface area contributed by atoms with Crippen molar-refractivity contribution >= 4 is 69.8 Å². The molecule has 3 heterocycles. The molecule has 3 aromatic carbocycles. The third-order valence-corrected chi connectivity index (χ3v) is 11.5. The Bertz CT molecular complexity index is 2530. The lowest BCUT2D eigenvalue weighted by Gasteiger charge is -2.27. The minimum absolute atomic E-state index is 0.0226. The zero-order valence-electron chi connectivity index (χ0n) is 34.2. The fourth-order valence-corrected chi connectivity index (χ4v) is 8.08. The average Bonchev–Trinajstić information content (AvgIpc) is 3.95. The predicted octanol–water partition coefficient (Wildman–Crippen LogP) is 0.210. The lowest BCUT2D eigenvalue weighted by atomic mass is 10.0. The fraction of sp³-hybridized carbons (Fsp3) is 0.286. The maximum Gasteiger partial charge on any atom is 0.270 e. The SMILES string of the molecule is NC(=O)[C@@H]1CSc2ccc([N+](=O)[O-])cc2C(=O)N[C@@H](Cc2cnc[nH]2)C(=O)N[C@H](Cc2ccccc2)C(=O)N[C@@H](CCCN=C(N)N)C(=O)N[C@@H](Cc2c[nH]c3ccccc23)C(=O)N1. The maximum atomic E-state index is 14.4. The van der Waals surface area contributed by atoms with Gasteiger partial charge in [-0.25, -0.2) is 4.98 Å². The van der Waals surface area contributed by atoms with Gasteiger partial charge in [0.25, 0.3) is 11.6 Å². The third kappa shape index (κ3) is 12.2. The lowest BCUT2D eigenvalue weighted by molar-refractivity contribution is -0.384. The van der Waals surface area contributed by atoms with E-state index >= 15 is 0 Å². The molecular weight excluding hydrogens is 847 g/mol. The number of nitrogens with two attached hydrogens (primary N) is 3. The number of rotatable bonds is 12. The Morgan fingerprint density at radius 2 is 1.44 bits per heavy atom. The van der Waals surface area contributed by atoms with E-state index in [-0.39, 0.29) is 60.8 Å². The molecule has 2 aromatic heterocycles. The van der Waals surface area contributed by atoms with E-state index in [4.69, 9.17) is 17.2 Å². The molecule has 64 heavy (non-hydrogen) atoms. The van der Waals surface area contributed by atoms with E-state index in [0.717, 1.165) is 34.8 Å². The molecule has 0 saturated heterocycles. The van der Waals surface area contributed by atoms with E-state index in [0.29, 0.717) is 16.8 Å². The van der Waals surface area contributed by atoms with Crippen LogP contribution in [0.1, 0.15) is 40.0 Å². The Morgan fingerprint density at radius 3 is 2.12 bits per heavy atom. The average molecular weight is 894 g/mol. The standard InChI is InChI=1S/C42H47N13O8S/c43-36(56)34-21-64-35-13-12-26(55(62)63)18-28(35)37(57)51-33(17-25-20-46-22-49-25)41(61)52-31(15-23-7-2-1-3-8-23)39(59)50-30(11-6-14-47-42(44)45)38(58)53-32(40(60)54-34)16-24-19-48-29-10-5-4-9-27(24)29/h1-5,7-10,12-13,18-20,22,30-34,48H,6,11,14-17,21H2,(H2,43,56)(H,46,49)(H,50,59)(H,51,57)(H,52,61)(H,53,58)(H,54,60)(H4,44,45,47)/t30-,31+,32-,33-,34-/m0/s1. The number of nitrogens with zero attached hydrogens (tertiary/aromatic N) is 3. The van der Waals surface area contributed by atoms with Crippen LogP contribution in [-0.2, 0) is 43.2 Å². The lowest BCUT2D eigenvalue weighted by Crippen LogP contribution is -2.60. The van der Waals surface area contributed by atoms with Crippen LogP contribution in [0.5, 0.6) is 0 Å². The van der Waals surface area contributed by atoms with Crippen molar-refractivity contribution in [3.63, 3.8) is 0 Å². The number of thioether (sulfide) groups is 1. The van der Waals surface area contributed by atoms with E-state index in [1.165, 1.54) is 18.6 Å². The van der Waals surface area contributed by atoms with Crippen LogP contribution >= 0.6 is 11.8 Å². The first-order chi connectivity index (χ1) is 30.7. The number of nitrogens with one attached hydrogen (secondary N) is 7. The van der Waals surface area contributed by atoms with Crippen LogP contribution < -0.4 is 43.8 Å². The summed E-state index contributed by atoms with van der Waals surface area (Å²) in [6.45, 7) is 0.0872. The summed E-state index contributed by atoms with van der Waals surface area (Å²) in [6, 6.07) is 12.8. The molecule has 22 heteroatoms. The van der Waals surface area contributed by atoms with Gasteiger partial charge in [-0.3, -0.25) is 43.9 Å². The highest BCUT2D eigenvalue weighted by atomic mass is 32.2. The van der Waals surface area contributed by atoms with Crippen molar-refractivity contribution < 1.29 is 33.7 Å². The van der Waals surface area contributed by atoms with Crippen LogP contribution in [0.15, 0.2) is 101 Å². The van der Waals surface area contributed by atoms with E-state index in [9.17, 15) is 38.9 Å². The minimum atomic E-state index is -1.39. The molecule has 6 rings (SSSR count). The third-order valence-electron chi connectivity index (χ3n) is 10.3. The number of fused-ring (bicyclic) bond motifs is 2. The Morgan fingerprint density at radius 1 is 0.781 bits per heavy atom. The number of non-ortho nitro benzene ring substituents is 1. The normalized spacial score (nSPS) is 20.2. The molecule has 0 unspecified atom stereocenters. The molecule has 0 fully saturated rings. The summed E-state index contributed by atoms with van der Waals surface area (Å²) in [5.41, 5.74) is 18.7. The van der Waals surface area contributed by atoms with Crippen molar-refractivity contribution in [3.8, 4) is 0 Å². The number of hydrogen-bond donors (Lipinski definition) is 10. The number of hydrogen-bond acceptors (Lipinski definition) is 11. The van der Waals surface area contributed by atoms with Crippen LogP contribution in [0.3, 0.4) is 0 Å². The van der Waals surface area contributed by atoms with Crippen molar-refractivity contribution in [2.75, 3.05) is 12.3 Å². The smallest absolute Gasteiger partial charge is 0.270 e. The first-order valence-corrected chi connectivity index (χ1v) is 21.1. The first kappa shape index (κ1) is 45.8. The molecule has 1 aliphatic heterocycles. The molecule has 6 amide bonds. The number of amides is 6. The van der Waals surface area contributed by atoms with E-state index in [1.54, 1.807) is 36.5 Å².